The fourth-order valence-corrected chi connectivity index (χ4v) is 3.90. The molecule has 0 bridgehead atoms. The van der Waals surface area contributed by atoms with E-state index < -0.39 is 6.04 Å². The Morgan fingerprint density at radius 3 is 2.84 bits per heavy atom. The van der Waals surface area contributed by atoms with E-state index in [1.165, 1.54) is 0 Å². The Bertz CT molecular complexity index is 575. The summed E-state index contributed by atoms with van der Waals surface area (Å²) in [5.41, 5.74) is 0.742. The van der Waals surface area contributed by atoms with Gasteiger partial charge in [-0.2, -0.15) is 0 Å². The van der Waals surface area contributed by atoms with Crippen molar-refractivity contribution in [2.24, 2.45) is 0 Å². The molecule has 1 saturated carbocycles. The van der Waals surface area contributed by atoms with Crippen molar-refractivity contribution in [1.29, 1.82) is 0 Å². The van der Waals surface area contributed by atoms with Gasteiger partial charge in [0.05, 0.1) is 24.6 Å². The Morgan fingerprint density at radius 2 is 2.11 bits per heavy atom. The Kier molecular flexibility index (Phi) is 3.01. The summed E-state index contributed by atoms with van der Waals surface area (Å²) in [6, 6.07) is 1.49. The highest BCUT2D eigenvalue weighted by Crippen LogP contribution is 2.33. The Morgan fingerprint density at radius 1 is 1.32 bits per heavy atom. The van der Waals surface area contributed by atoms with E-state index >= 15 is 0 Å². The van der Waals surface area contributed by atoms with Crippen molar-refractivity contribution < 1.29 is 14.4 Å². The highest BCUT2D eigenvalue weighted by molar-refractivity contribution is 7.12. The second kappa shape index (κ2) is 4.56. The maximum Gasteiger partial charge on any atom is 0.256 e. The molecule has 0 spiro atoms. The number of rotatable bonds is 1. The molecule has 4 nitrogen and oxygen atoms in total. The maximum atomic E-state index is 12.3. The summed E-state index contributed by atoms with van der Waals surface area (Å²) in [5, 5.41) is 0. The zero-order valence-electron chi connectivity index (χ0n) is 10.8. The summed E-state index contributed by atoms with van der Waals surface area (Å²) in [7, 11) is 0. The molecule has 5 heteroatoms. The van der Waals surface area contributed by atoms with Crippen LogP contribution in [0.15, 0.2) is 6.07 Å². The van der Waals surface area contributed by atoms with Crippen LogP contribution in [-0.2, 0) is 16.1 Å². The maximum absolute atomic E-state index is 12.3. The summed E-state index contributed by atoms with van der Waals surface area (Å²) in [5.74, 6) is -0.139. The lowest BCUT2D eigenvalue weighted by molar-refractivity contribution is -0.128. The number of carbonyl (C=O) groups excluding carboxylic acids is 3. The fraction of sp³-hybridized carbons (Fsp3) is 0.500. The number of aryl methyl sites for hydroxylation is 1. The molecular formula is C14H15NO3S. The molecule has 19 heavy (non-hydrogen) atoms. The minimum absolute atomic E-state index is 0.00441. The van der Waals surface area contributed by atoms with Crippen molar-refractivity contribution in [3.05, 3.63) is 21.4 Å². The fourth-order valence-electron chi connectivity index (χ4n) is 2.88. The van der Waals surface area contributed by atoms with Gasteiger partial charge in [0.1, 0.15) is 5.78 Å². The summed E-state index contributed by atoms with van der Waals surface area (Å²) < 4.78 is 0. The molecule has 0 aromatic carbocycles. The molecule has 0 radical (unpaired) electrons. The first-order chi connectivity index (χ1) is 9.06. The second-order valence-corrected chi connectivity index (χ2v) is 6.56. The smallest absolute Gasteiger partial charge is 0.256 e. The zero-order chi connectivity index (χ0) is 13.6. The highest BCUT2D eigenvalue weighted by Gasteiger charge is 2.38. The number of Topliss-reactive ketones (excluding diaryl/α,β-unsaturated/α-hetero) is 2. The molecule has 100 valence electrons. The van der Waals surface area contributed by atoms with Crippen molar-refractivity contribution >= 4 is 28.8 Å². The van der Waals surface area contributed by atoms with Gasteiger partial charge in [-0.3, -0.25) is 14.4 Å². The lowest BCUT2D eigenvalue weighted by Crippen LogP contribution is -2.41. The van der Waals surface area contributed by atoms with E-state index in [-0.39, 0.29) is 23.9 Å². The van der Waals surface area contributed by atoms with Crippen LogP contribution in [-0.4, -0.2) is 28.4 Å². The molecule has 1 atom stereocenters. The van der Waals surface area contributed by atoms with Gasteiger partial charge in [-0.25, -0.2) is 0 Å². The van der Waals surface area contributed by atoms with Crippen LogP contribution >= 0.6 is 11.3 Å². The SMILES string of the molecule is Cc1cc2c(s1)CN([C@H]1CCCC(=O)CC1=O)C2=O. The Labute approximate surface area is 115 Å². The summed E-state index contributed by atoms with van der Waals surface area (Å²) in [6.07, 6.45) is 1.77. The molecule has 2 heterocycles. The Hall–Kier alpha value is -1.49. The highest BCUT2D eigenvalue weighted by atomic mass is 32.1. The minimum Gasteiger partial charge on any atom is -0.323 e. The molecule has 1 aliphatic carbocycles. The molecule has 1 aromatic heterocycles. The molecule has 2 aliphatic rings. The Balaban J connectivity index is 1.84. The van der Waals surface area contributed by atoms with E-state index in [1.54, 1.807) is 16.2 Å². The number of hydrogen-bond donors (Lipinski definition) is 0. The number of ketones is 2. The van der Waals surface area contributed by atoms with Crippen LogP contribution in [0.25, 0.3) is 0 Å². The number of amides is 1. The zero-order valence-corrected chi connectivity index (χ0v) is 11.6. The molecule has 0 unspecified atom stereocenters. The van der Waals surface area contributed by atoms with Gasteiger partial charge in [0, 0.05) is 16.2 Å². The van der Waals surface area contributed by atoms with Crippen LogP contribution in [0, 0.1) is 6.92 Å². The van der Waals surface area contributed by atoms with Crippen LogP contribution in [0.2, 0.25) is 0 Å². The second-order valence-electron chi connectivity index (χ2n) is 5.22. The largest absolute Gasteiger partial charge is 0.323 e. The standard InChI is InChI=1S/C14H15NO3S/c1-8-5-10-13(19-8)7-15(14(10)18)11-4-2-3-9(16)6-12(11)17/h5,11H,2-4,6-7H2,1H3/t11-/m0/s1. The normalized spacial score (nSPS) is 23.7. The van der Waals surface area contributed by atoms with Gasteiger partial charge in [0.15, 0.2) is 5.78 Å². The molecule has 1 aromatic rings. The van der Waals surface area contributed by atoms with Crippen molar-refractivity contribution in [1.82, 2.24) is 4.90 Å². The predicted octanol–water partition coefficient (Wildman–Crippen LogP) is 2.09. The van der Waals surface area contributed by atoms with E-state index in [9.17, 15) is 14.4 Å². The van der Waals surface area contributed by atoms with Gasteiger partial charge < -0.3 is 4.90 Å². The van der Waals surface area contributed by atoms with Gasteiger partial charge in [0.2, 0.25) is 0 Å². The number of hydrogen-bond acceptors (Lipinski definition) is 4. The average molecular weight is 277 g/mol. The summed E-state index contributed by atoms with van der Waals surface area (Å²) in [4.78, 5) is 39.7. The third-order valence-electron chi connectivity index (χ3n) is 3.79. The number of carbonyl (C=O) groups is 3. The molecule has 1 fully saturated rings. The van der Waals surface area contributed by atoms with Crippen molar-refractivity contribution in [3.63, 3.8) is 0 Å². The van der Waals surface area contributed by atoms with Gasteiger partial charge in [-0.15, -0.1) is 11.3 Å². The summed E-state index contributed by atoms with van der Waals surface area (Å²) in [6.45, 7) is 2.51. The molecule has 1 aliphatic heterocycles. The van der Waals surface area contributed by atoms with Crippen LogP contribution in [0.5, 0.6) is 0 Å². The minimum atomic E-state index is -0.404. The molecule has 0 N–H and O–H groups in total. The molecule has 0 saturated heterocycles. The van der Waals surface area contributed by atoms with Gasteiger partial charge in [-0.1, -0.05) is 0 Å². The monoisotopic (exact) mass is 277 g/mol. The summed E-state index contributed by atoms with van der Waals surface area (Å²) >= 11 is 1.61. The van der Waals surface area contributed by atoms with Crippen LogP contribution in [0.3, 0.4) is 0 Å². The van der Waals surface area contributed by atoms with Crippen LogP contribution < -0.4 is 0 Å². The lowest BCUT2D eigenvalue weighted by atomic mass is 10.1. The molecular weight excluding hydrogens is 262 g/mol. The van der Waals surface area contributed by atoms with E-state index in [0.717, 1.165) is 15.3 Å². The van der Waals surface area contributed by atoms with Gasteiger partial charge in [0.25, 0.3) is 5.91 Å². The van der Waals surface area contributed by atoms with E-state index in [0.29, 0.717) is 25.8 Å². The first kappa shape index (κ1) is 12.5. The van der Waals surface area contributed by atoms with Crippen LogP contribution in [0.1, 0.15) is 45.8 Å². The van der Waals surface area contributed by atoms with Gasteiger partial charge in [-0.05, 0) is 25.8 Å². The van der Waals surface area contributed by atoms with Crippen molar-refractivity contribution in [2.45, 2.75) is 45.2 Å². The van der Waals surface area contributed by atoms with Crippen LogP contribution in [0.4, 0.5) is 0 Å². The molecule has 3 rings (SSSR count). The van der Waals surface area contributed by atoms with E-state index in [1.807, 2.05) is 13.0 Å². The number of nitrogens with zero attached hydrogens (tertiary/aromatic N) is 1. The van der Waals surface area contributed by atoms with E-state index in [2.05, 4.69) is 0 Å². The number of fused-ring (bicyclic) bond motifs is 1. The van der Waals surface area contributed by atoms with E-state index in [4.69, 9.17) is 0 Å². The topological polar surface area (TPSA) is 54.5 Å². The first-order valence-electron chi connectivity index (χ1n) is 6.51. The lowest BCUT2D eigenvalue weighted by Gasteiger charge is -2.25. The quantitative estimate of drug-likeness (QED) is 0.583. The third kappa shape index (κ3) is 2.12. The average Bonchev–Trinajstić information content (AvgIpc) is 2.77. The molecule has 1 amide bonds. The third-order valence-corrected chi connectivity index (χ3v) is 4.83. The number of thiophene rings is 1. The van der Waals surface area contributed by atoms with Gasteiger partial charge >= 0.3 is 0 Å². The van der Waals surface area contributed by atoms with Crippen molar-refractivity contribution in [3.8, 4) is 0 Å². The first-order valence-corrected chi connectivity index (χ1v) is 7.32. The predicted molar refractivity (Wildman–Crippen MR) is 71.2 cm³/mol. The van der Waals surface area contributed by atoms with Crippen molar-refractivity contribution in [2.75, 3.05) is 0 Å².